The molecule has 0 saturated carbocycles. The van der Waals surface area contributed by atoms with Crippen molar-refractivity contribution < 1.29 is 0 Å². The Morgan fingerprint density at radius 2 is 2.24 bits per heavy atom. The molecule has 0 atom stereocenters. The van der Waals surface area contributed by atoms with Crippen LogP contribution in [0.4, 0.5) is 0 Å². The van der Waals surface area contributed by atoms with Crippen LogP contribution in [-0.4, -0.2) is 14.6 Å². The maximum absolute atomic E-state index is 5.90. The summed E-state index contributed by atoms with van der Waals surface area (Å²) < 4.78 is 2.48. The van der Waals surface area contributed by atoms with Crippen LogP contribution < -0.4 is 5.73 Å². The predicted octanol–water partition coefficient (Wildman–Crippen LogP) is 2.57. The van der Waals surface area contributed by atoms with Crippen LogP contribution in [0.2, 0.25) is 4.34 Å². The molecule has 2 N–H and O–H groups in total. The largest absolute Gasteiger partial charge is 0.326 e. The summed E-state index contributed by atoms with van der Waals surface area (Å²) in [4.78, 5) is 5.42. The number of nitrogens with two attached hydrogens (primary N) is 1. The fourth-order valence-electron chi connectivity index (χ4n) is 1.59. The van der Waals surface area contributed by atoms with Crippen LogP contribution in [0.15, 0.2) is 30.5 Å². The monoisotopic (exact) mass is 264 g/mol. The molecule has 0 aliphatic carbocycles. The van der Waals surface area contributed by atoms with Crippen molar-refractivity contribution in [3.8, 4) is 10.7 Å². The molecule has 6 heteroatoms. The van der Waals surface area contributed by atoms with Crippen LogP contribution in [0, 0.1) is 0 Å². The van der Waals surface area contributed by atoms with E-state index in [0.29, 0.717) is 12.4 Å². The summed E-state index contributed by atoms with van der Waals surface area (Å²) in [6.45, 7) is 0.503. The van der Waals surface area contributed by atoms with Crippen molar-refractivity contribution in [3.63, 3.8) is 0 Å². The van der Waals surface area contributed by atoms with E-state index in [1.165, 1.54) is 11.3 Å². The van der Waals surface area contributed by atoms with Crippen LogP contribution >= 0.6 is 22.9 Å². The topological polar surface area (TPSA) is 56.2 Å². The van der Waals surface area contributed by atoms with Gasteiger partial charge in [-0.05, 0) is 29.8 Å². The smallest absolute Gasteiger partial charge is 0.192 e. The molecule has 0 aliphatic heterocycles. The standard InChI is InChI=1S/C11H9ClN4S/c12-9-2-1-8(17-9)11-14-10-5-7(6-13)3-4-16(10)15-11/h1-5H,6,13H2. The quantitative estimate of drug-likeness (QED) is 0.774. The number of rotatable bonds is 2. The molecule has 0 aliphatic rings. The highest BCUT2D eigenvalue weighted by Gasteiger charge is 2.08. The SMILES string of the molecule is NCc1ccn2nc(-c3ccc(Cl)s3)nc2c1. The van der Waals surface area contributed by atoms with Gasteiger partial charge < -0.3 is 5.73 Å². The molecule has 0 spiro atoms. The Morgan fingerprint density at radius 1 is 1.35 bits per heavy atom. The first kappa shape index (κ1) is 10.7. The van der Waals surface area contributed by atoms with Crippen molar-refractivity contribution >= 4 is 28.6 Å². The fourth-order valence-corrected chi connectivity index (χ4v) is 2.56. The lowest BCUT2D eigenvalue weighted by Crippen LogP contribution is -1.97. The third kappa shape index (κ3) is 1.93. The van der Waals surface area contributed by atoms with E-state index in [9.17, 15) is 0 Å². The highest BCUT2D eigenvalue weighted by Crippen LogP contribution is 2.29. The van der Waals surface area contributed by atoms with Crippen molar-refractivity contribution in [3.05, 3.63) is 40.4 Å². The second kappa shape index (κ2) is 4.10. The Bertz CT molecular complexity index is 673. The molecule has 0 fully saturated rings. The first-order chi connectivity index (χ1) is 8.26. The van der Waals surface area contributed by atoms with Gasteiger partial charge in [-0.15, -0.1) is 16.4 Å². The molecule has 3 aromatic rings. The summed E-state index contributed by atoms with van der Waals surface area (Å²) in [5.41, 5.74) is 7.43. The van der Waals surface area contributed by atoms with Gasteiger partial charge in [0, 0.05) is 12.7 Å². The molecule has 3 aromatic heterocycles. The molecule has 0 radical (unpaired) electrons. The zero-order chi connectivity index (χ0) is 11.8. The Kier molecular flexibility index (Phi) is 2.58. The lowest BCUT2D eigenvalue weighted by atomic mass is 10.3. The molecule has 3 rings (SSSR count). The average Bonchev–Trinajstić information content (AvgIpc) is 2.93. The number of hydrogen-bond donors (Lipinski definition) is 1. The van der Waals surface area contributed by atoms with Crippen LogP contribution in [0.5, 0.6) is 0 Å². The molecule has 0 bridgehead atoms. The van der Waals surface area contributed by atoms with Gasteiger partial charge in [0.05, 0.1) is 9.21 Å². The Morgan fingerprint density at radius 3 is 2.94 bits per heavy atom. The summed E-state index contributed by atoms with van der Waals surface area (Å²) in [6.07, 6.45) is 1.86. The minimum Gasteiger partial charge on any atom is -0.326 e. The number of fused-ring (bicyclic) bond motifs is 1. The zero-order valence-corrected chi connectivity index (χ0v) is 10.4. The summed E-state index contributed by atoms with van der Waals surface area (Å²) in [6, 6.07) is 7.64. The normalized spacial score (nSPS) is 11.2. The van der Waals surface area contributed by atoms with Crippen molar-refractivity contribution in [2.45, 2.75) is 6.54 Å². The number of halogens is 1. The van der Waals surface area contributed by atoms with Gasteiger partial charge in [-0.2, -0.15) is 0 Å². The molecule has 0 unspecified atom stereocenters. The molecule has 86 valence electrons. The number of hydrogen-bond acceptors (Lipinski definition) is 4. The van der Waals surface area contributed by atoms with Gasteiger partial charge >= 0.3 is 0 Å². The van der Waals surface area contributed by atoms with E-state index < -0.39 is 0 Å². The second-order valence-electron chi connectivity index (χ2n) is 3.58. The van der Waals surface area contributed by atoms with Crippen molar-refractivity contribution in [2.75, 3.05) is 0 Å². The lowest BCUT2D eigenvalue weighted by Gasteiger charge is -1.94. The molecule has 17 heavy (non-hydrogen) atoms. The van der Waals surface area contributed by atoms with Gasteiger partial charge in [-0.3, -0.25) is 0 Å². The van der Waals surface area contributed by atoms with Crippen LogP contribution in [0.1, 0.15) is 5.56 Å². The van der Waals surface area contributed by atoms with E-state index >= 15 is 0 Å². The lowest BCUT2D eigenvalue weighted by molar-refractivity contribution is 0.952. The van der Waals surface area contributed by atoms with Gasteiger partial charge in [-0.25, -0.2) is 9.50 Å². The van der Waals surface area contributed by atoms with E-state index in [1.54, 1.807) is 4.52 Å². The maximum atomic E-state index is 5.90. The highest BCUT2D eigenvalue weighted by molar-refractivity contribution is 7.19. The molecule has 0 aromatic carbocycles. The molecular weight excluding hydrogens is 256 g/mol. The number of nitrogens with zero attached hydrogens (tertiary/aromatic N) is 3. The molecular formula is C11H9ClN4S. The van der Waals surface area contributed by atoms with Crippen LogP contribution in [0.25, 0.3) is 16.3 Å². The minimum absolute atomic E-state index is 0.503. The van der Waals surface area contributed by atoms with Gasteiger partial charge in [-0.1, -0.05) is 11.6 Å². The summed E-state index contributed by atoms with van der Waals surface area (Å²) >= 11 is 7.36. The van der Waals surface area contributed by atoms with Gasteiger partial charge in [0.25, 0.3) is 0 Å². The van der Waals surface area contributed by atoms with Gasteiger partial charge in [0.2, 0.25) is 0 Å². The average molecular weight is 265 g/mol. The number of thiophene rings is 1. The maximum Gasteiger partial charge on any atom is 0.192 e. The van der Waals surface area contributed by atoms with E-state index in [2.05, 4.69) is 10.1 Å². The third-order valence-electron chi connectivity index (χ3n) is 2.43. The summed E-state index contributed by atoms with van der Waals surface area (Å²) in [5.74, 6) is 0.691. The van der Waals surface area contributed by atoms with E-state index in [4.69, 9.17) is 17.3 Å². The zero-order valence-electron chi connectivity index (χ0n) is 8.80. The van der Waals surface area contributed by atoms with Crippen molar-refractivity contribution in [1.29, 1.82) is 0 Å². The Labute approximate surface area is 107 Å². The summed E-state index contributed by atoms with van der Waals surface area (Å²) in [5, 5.41) is 4.39. The predicted molar refractivity (Wildman–Crippen MR) is 69.2 cm³/mol. The second-order valence-corrected chi connectivity index (χ2v) is 5.30. The van der Waals surface area contributed by atoms with Crippen molar-refractivity contribution in [2.24, 2.45) is 5.73 Å². The Hall–Kier alpha value is -1.43. The molecule has 4 nitrogen and oxygen atoms in total. The van der Waals surface area contributed by atoms with Crippen LogP contribution in [0.3, 0.4) is 0 Å². The van der Waals surface area contributed by atoms with E-state index in [-0.39, 0.29) is 0 Å². The first-order valence-corrected chi connectivity index (χ1v) is 6.27. The number of pyridine rings is 1. The molecule has 3 heterocycles. The Balaban J connectivity index is 2.13. The minimum atomic E-state index is 0.503. The summed E-state index contributed by atoms with van der Waals surface area (Å²) in [7, 11) is 0. The van der Waals surface area contributed by atoms with E-state index in [0.717, 1.165) is 20.4 Å². The van der Waals surface area contributed by atoms with Gasteiger partial charge in [0.15, 0.2) is 11.5 Å². The first-order valence-electron chi connectivity index (χ1n) is 5.07. The van der Waals surface area contributed by atoms with Crippen molar-refractivity contribution in [1.82, 2.24) is 14.6 Å². The third-order valence-corrected chi connectivity index (χ3v) is 3.66. The van der Waals surface area contributed by atoms with E-state index in [1.807, 2.05) is 30.5 Å². The van der Waals surface area contributed by atoms with Gasteiger partial charge in [0.1, 0.15) is 0 Å². The fraction of sp³-hybridized carbons (Fsp3) is 0.0909. The molecule has 0 amide bonds. The number of aromatic nitrogens is 3. The van der Waals surface area contributed by atoms with Crippen LogP contribution in [-0.2, 0) is 6.54 Å². The molecule has 0 saturated heterocycles. The highest BCUT2D eigenvalue weighted by atomic mass is 35.5.